The van der Waals surface area contributed by atoms with Gasteiger partial charge in [0.25, 0.3) is 30.7 Å². The third kappa shape index (κ3) is 9.36. The fourth-order valence-corrected chi connectivity index (χ4v) is 22.1. The summed E-state index contributed by atoms with van der Waals surface area (Å²) in [6, 6.07) is -0.142. The molecule has 8 unspecified atom stereocenters. The smallest absolute Gasteiger partial charge is 0.462 e. The Morgan fingerprint density at radius 1 is 0.456 bits per heavy atom. The molecule has 5 aliphatic heterocycles. The van der Waals surface area contributed by atoms with Crippen molar-refractivity contribution < 1.29 is 77.4 Å². The first-order valence-electron chi connectivity index (χ1n) is 23.4. The van der Waals surface area contributed by atoms with Crippen molar-refractivity contribution in [3.63, 3.8) is 0 Å². The van der Waals surface area contributed by atoms with E-state index in [0.29, 0.717) is 49.3 Å². The molecule has 391 valence electrons. The van der Waals surface area contributed by atoms with Crippen LogP contribution in [0.4, 0.5) is 11.4 Å². The van der Waals surface area contributed by atoms with Crippen molar-refractivity contribution >= 4 is 60.3 Å². The molecule has 0 spiro atoms. The number of nitrogen functional groups attached to an aromatic ring is 1. The Hall–Kier alpha value is -1.23. The van der Waals surface area contributed by atoms with Gasteiger partial charge >= 0.3 is 18.2 Å². The number of nitrogens with one attached hydrogen (secondary N) is 8. The Morgan fingerprint density at radius 3 is 0.882 bits per heavy atom. The van der Waals surface area contributed by atoms with Crippen molar-refractivity contribution in [1.82, 2.24) is 45.2 Å². The largest absolute Gasteiger partial charge is 0.699 e. The Kier molecular flexibility index (Phi) is 15.3. The number of anilines is 1. The zero-order valence-electron chi connectivity index (χ0n) is 36.9. The number of benzene rings is 1. The molecule has 4 saturated carbocycles. The number of hydrogen-bond donors (Lipinski definition) is 11. The molecule has 8 bridgehead atoms. The second-order valence-corrected chi connectivity index (χ2v) is 29.7. The molecule has 5 saturated heterocycles. The molecule has 1 aromatic carbocycles. The summed E-state index contributed by atoms with van der Waals surface area (Å²) in [5.41, 5.74) is 2.05. The maximum atomic E-state index is 11.9. The van der Waals surface area contributed by atoms with Crippen LogP contribution in [0.15, 0.2) is 23.1 Å². The summed E-state index contributed by atoms with van der Waals surface area (Å²) in [5.74, 6) is 5.97. The minimum Gasteiger partial charge on any atom is -0.699 e. The first-order valence-corrected chi connectivity index (χ1v) is 31.0. The fourth-order valence-electron chi connectivity index (χ4n) is 13.7. The summed E-state index contributed by atoms with van der Waals surface area (Å²) in [6.07, 6.45) is 25.6. The van der Waals surface area contributed by atoms with Crippen LogP contribution >= 0.6 is 0 Å². The van der Waals surface area contributed by atoms with Gasteiger partial charge in [-0.15, -0.1) is 0 Å². The minimum absolute atomic E-state index is 0. The van der Waals surface area contributed by atoms with E-state index in [1.165, 1.54) is 103 Å². The van der Waals surface area contributed by atoms with Gasteiger partial charge in [0.05, 0.1) is 55.0 Å². The van der Waals surface area contributed by atoms with E-state index in [2.05, 4.69) is 42.5 Å². The van der Waals surface area contributed by atoms with Gasteiger partial charge in [-0.3, -0.25) is 51.6 Å². The average molecular weight is 1110 g/mol. The summed E-state index contributed by atoms with van der Waals surface area (Å²) < 4.78 is 150. The van der Waals surface area contributed by atoms with Gasteiger partial charge in [-0.25, -0.2) is 0 Å². The van der Waals surface area contributed by atoms with Crippen LogP contribution in [-0.2, 0) is 66.0 Å². The van der Waals surface area contributed by atoms with E-state index in [4.69, 9.17) is 14.8 Å². The number of hydrogen-bond acceptors (Lipinski definition) is 21. The van der Waals surface area contributed by atoms with Crippen molar-refractivity contribution in [3.05, 3.63) is 18.2 Å². The minimum atomic E-state index is -7.20. The summed E-state index contributed by atoms with van der Waals surface area (Å²) in [6.45, 7) is 0. The van der Waals surface area contributed by atoms with Gasteiger partial charge in [-0.2, -0.15) is 42.1 Å². The van der Waals surface area contributed by atoms with Crippen LogP contribution in [0, 0.1) is 47.3 Å². The van der Waals surface area contributed by atoms with Crippen LogP contribution in [-0.4, -0.2) is 110 Å². The van der Waals surface area contributed by atoms with Crippen LogP contribution < -0.4 is 51.0 Å². The van der Waals surface area contributed by atoms with Crippen molar-refractivity contribution in [2.75, 3.05) is 5.73 Å². The van der Waals surface area contributed by atoms with Crippen molar-refractivity contribution in [2.45, 2.75) is 157 Å². The molecule has 5 heterocycles. The van der Waals surface area contributed by atoms with E-state index in [1.807, 2.05) is 0 Å². The SMILES string of the molecule is C1CCC2C3NC(NC4NC(NC5NC(NC6NC(N3)C3CCCCC63)C3CCCCC53)C3CCCCC43)C2C1.Nc1ccc([N+](S(=O)(=O)[O-])(S(=O)(=O)[O-])S(=O)(=O)S(=O)(=O)O)cc1S(=O)(=O)O.[Cu]. The summed E-state index contributed by atoms with van der Waals surface area (Å²) in [5, 5.41) is 33.8. The molecule has 30 heteroatoms. The fraction of sp³-hybridized carbons (Fsp3) is 0.842. The molecule has 1 aromatic rings. The molecule has 12 N–H and O–H groups in total. The third-order valence-electron chi connectivity index (χ3n) is 16.5. The number of fused-ring (bicyclic) bond motifs is 20. The van der Waals surface area contributed by atoms with E-state index in [0.717, 1.165) is 47.3 Å². The Bertz CT molecular complexity index is 2380. The predicted molar refractivity (Wildman–Crippen MR) is 240 cm³/mol. The molecule has 0 amide bonds. The monoisotopic (exact) mass is 1110 g/mol. The number of nitrogens with two attached hydrogens (primary N) is 1. The normalized spacial score (nSPS) is 39.8. The third-order valence-corrected chi connectivity index (χ3v) is 26.6. The standard InChI is InChI=1S/C32H56N8.C6H8N2O14S5.Cu/c1-2-10-18-17(9-1)25-33-26(18)38-28-21-13-5-6-14-22(21)30(35-28)40-32-24-16-8-7-15-23(24)31(36-32)39-29-20-12-4-3-11-19(20)27(34-29)37-25;7-5-2-1-4(3-6(5)23(9,10)11)8(24(12,13)14,25(15,16)17)26(18,19)27(20,21)22;/h17-40H,1-16H2;1-3H,7H2,(H3-,9,10,11,12,13,14,15,16,17,20,21,22);/p-1. The predicted octanol–water partition coefficient (Wildman–Crippen LogP) is -0.521. The van der Waals surface area contributed by atoms with Gasteiger partial charge in [0.1, 0.15) is 4.90 Å². The quantitative estimate of drug-likeness (QED) is 0.0561. The molecule has 8 atom stereocenters. The average Bonchev–Trinajstić information content (AvgIpc) is 3.99. The van der Waals surface area contributed by atoms with Gasteiger partial charge in [-0.1, -0.05) is 51.4 Å². The van der Waals surface area contributed by atoms with Gasteiger partial charge in [-0.05, 0) is 105 Å². The Balaban J connectivity index is 0.000000198. The molecular weight excluding hydrogens is 1040 g/mol. The molecule has 10 rings (SSSR count). The number of nitrogens with zero attached hydrogens (tertiary/aromatic N) is 1. The van der Waals surface area contributed by atoms with Crippen LogP contribution in [0.25, 0.3) is 0 Å². The van der Waals surface area contributed by atoms with Crippen molar-refractivity contribution in [2.24, 2.45) is 47.3 Å². The molecule has 9 fully saturated rings. The summed E-state index contributed by atoms with van der Waals surface area (Å²) in [7, 11) is -33.6. The van der Waals surface area contributed by atoms with Gasteiger partial charge in [0.2, 0.25) is 0 Å². The first-order chi connectivity index (χ1) is 31.4. The zero-order valence-corrected chi connectivity index (χ0v) is 42.0. The summed E-state index contributed by atoms with van der Waals surface area (Å²) in [4.78, 5) is -1.58. The van der Waals surface area contributed by atoms with E-state index < -0.39 is 67.9 Å². The van der Waals surface area contributed by atoms with E-state index in [1.54, 1.807) is 0 Å². The van der Waals surface area contributed by atoms with Crippen LogP contribution in [0.5, 0.6) is 0 Å². The first kappa shape index (κ1) is 53.1. The molecule has 9 aliphatic rings. The molecule has 68 heavy (non-hydrogen) atoms. The number of rotatable bonds is 6. The molecule has 1 radical (unpaired) electrons. The molecule has 0 aromatic heterocycles. The van der Waals surface area contributed by atoms with Crippen molar-refractivity contribution in [1.29, 1.82) is 0 Å². The molecular formula is C38H63CuN10O14S5-. The Morgan fingerprint density at radius 2 is 0.691 bits per heavy atom. The van der Waals surface area contributed by atoms with Crippen LogP contribution in [0.1, 0.15) is 103 Å². The van der Waals surface area contributed by atoms with Gasteiger partial charge in [0, 0.05) is 31.9 Å². The van der Waals surface area contributed by atoms with Gasteiger partial charge in [0.15, 0.2) is 5.69 Å². The molecule has 4 aliphatic carbocycles. The summed E-state index contributed by atoms with van der Waals surface area (Å²) >= 11 is 0. The zero-order chi connectivity index (χ0) is 48.1. The second-order valence-electron chi connectivity index (χ2n) is 20.0. The van der Waals surface area contributed by atoms with Crippen LogP contribution in [0.3, 0.4) is 0 Å². The number of quaternary nitrogens is 1. The maximum Gasteiger partial charge on any atom is 0.462 e. The van der Waals surface area contributed by atoms with Crippen LogP contribution in [0.2, 0.25) is 0 Å². The van der Waals surface area contributed by atoms with Gasteiger partial charge < -0.3 is 14.8 Å². The van der Waals surface area contributed by atoms with Crippen molar-refractivity contribution in [3.8, 4) is 0 Å². The van der Waals surface area contributed by atoms with E-state index in [9.17, 15) is 51.2 Å². The molecule has 24 nitrogen and oxygen atoms in total. The topological polar surface area (TPSA) is 380 Å². The van der Waals surface area contributed by atoms with E-state index >= 15 is 0 Å². The second kappa shape index (κ2) is 19.6. The Labute approximate surface area is 408 Å². The maximum absolute atomic E-state index is 11.9. The van der Waals surface area contributed by atoms with E-state index in [-0.39, 0.29) is 35.3 Å².